The second-order valence-electron chi connectivity index (χ2n) is 15.2. The van der Waals surface area contributed by atoms with Gasteiger partial charge in [0.1, 0.15) is 16.4 Å². The maximum absolute atomic E-state index is 12.7. The lowest BCUT2D eigenvalue weighted by Crippen LogP contribution is -2.54. The molecule has 2 aromatic heterocycles. The third-order valence-electron chi connectivity index (χ3n) is 9.46. The van der Waals surface area contributed by atoms with Gasteiger partial charge in [0.05, 0.1) is 24.1 Å². The molecule has 54 heavy (non-hydrogen) atoms. The molecule has 15 heteroatoms. The summed E-state index contributed by atoms with van der Waals surface area (Å²) < 4.78 is 11.5. The molecule has 292 valence electrons. The Labute approximate surface area is 322 Å². The van der Waals surface area contributed by atoms with Crippen molar-refractivity contribution in [1.82, 2.24) is 25.3 Å². The molecule has 2 aliphatic heterocycles. The van der Waals surface area contributed by atoms with E-state index in [2.05, 4.69) is 47.3 Å². The van der Waals surface area contributed by atoms with Crippen molar-refractivity contribution >= 4 is 47.2 Å². The lowest BCUT2D eigenvalue weighted by atomic mass is 9.90. The molecule has 5 rings (SSSR count). The molecule has 0 spiro atoms. The van der Waals surface area contributed by atoms with Gasteiger partial charge in [-0.05, 0) is 84.4 Å². The third-order valence-corrected chi connectivity index (χ3v) is 10.4. The smallest absolute Gasteiger partial charge is 0.408 e. The van der Waals surface area contributed by atoms with Gasteiger partial charge in [-0.3, -0.25) is 4.79 Å². The van der Waals surface area contributed by atoms with Crippen molar-refractivity contribution in [2.45, 2.75) is 119 Å². The van der Waals surface area contributed by atoms with Crippen LogP contribution in [0.2, 0.25) is 0 Å². The maximum atomic E-state index is 12.7. The second kappa shape index (κ2) is 19.2. The Kier molecular flexibility index (Phi) is 14.5. The average Bonchev–Trinajstić information content (AvgIpc) is 3.13. The number of anilines is 3. The molecule has 4 heterocycles. The van der Waals surface area contributed by atoms with E-state index >= 15 is 0 Å². The first-order valence-corrected chi connectivity index (χ1v) is 19.7. The molecule has 2 aliphatic rings. The summed E-state index contributed by atoms with van der Waals surface area (Å²) in [6, 6.07) is 7.77. The highest BCUT2D eigenvalue weighted by Gasteiger charge is 2.33. The van der Waals surface area contributed by atoms with E-state index in [1.165, 1.54) is 24.2 Å². The molecule has 3 N–H and O–H groups in total. The number of benzene rings is 1. The molecule has 0 bridgehead atoms. The number of nitrogens with one attached hydrogen (secondary N) is 2. The highest BCUT2D eigenvalue weighted by atomic mass is 32.2. The van der Waals surface area contributed by atoms with Gasteiger partial charge >= 0.3 is 12.1 Å². The Bertz CT molecular complexity index is 1670. The van der Waals surface area contributed by atoms with E-state index in [0.717, 1.165) is 112 Å². The van der Waals surface area contributed by atoms with Crippen LogP contribution < -0.4 is 20.4 Å². The number of piperidine rings is 2. The van der Waals surface area contributed by atoms with Gasteiger partial charge in [0.2, 0.25) is 11.9 Å². The number of carbonyl (C=O) groups excluding carboxylic acids is 2. The molecular formula is C39H54N8O6S. The number of carbonyl (C=O) groups is 3. The van der Waals surface area contributed by atoms with Crippen molar-refractivity contribution < 1.29 is 29.0 Å². The minimum Gasteiger partial charge on any atom is -0.478 e. The number of aromatic carboxylic acids is 1. The molecule has 0 saturated carbocycles. The van der Waals surface area contributed by atoms with E-state index in [1.807, 2.05) is 45.0 Å². The molecule has 2 saturated heterocycles. The predicted molar refractivity (Wildman–Crippen MR) is 208 cm³/mol. The Balaban J connectivity index is 0.920. The van der Waals surface area contributed by atoms with Crippen LogP contribution in [-0.4, -0.2) is 93.0 Å². The molecule has 3 aromatic rings. The van der Waals surface area contributed by atoms with E-state index in [4.69, 9.17) is 14.6 Å². The first kappa shape index (κ1) is 40.7. The number of hydrogen-bond acceptors (Lipinski definition) is 12. The summed E-state index contributed by atoms with van der Waals surface area (Å²) in [7, 11) is 0. The van der Waals surface area contributed by atoms with Crippen LogP contribution in [0.5, 0.6) is 0 Å². The highest BCUT2D eigenvalue weighted by molar-refractivity contribution is 7.99. The first-order chi connectivity index (χ1) is 25.8. The number of hydrogen-bond donors (Lipinski definition) is 3. The lowest BCUT2D eigenvalue weighted by molar-refractivity contribution is -0.116. The molecule has 0 unspecified atom stereocenters. The Morgan fingerprint density at radius 2 is 1.61 bits per heavy atom. The quantitative estimate of drug-likeness (QED) is 0.128. The topological polar surface area (TPSA) is 172 Å². The summed E-state index contributed by atoms with van der Waals surface area (Å²) in [6.45, 7) is 11.4. The monoisotopic (exact) mass is 762 g/mol. The number of alkyl carbamates (subject to hydrolysis) is 1. The Morgan fingerprint density at radius 1 is 0.907 bits per heavy atom. The zero-order chi connectivity index (χ0) is 38.6. The average molecular weight is 763 g/mol. The van der Waals surface area contributed by atoms with E-state index < -0.39 is 11.6 Å². The zero-order valence-corrected chi connectivity index (χ0v) is 32.7. The van der Waals surface area contributed by atoms with E-state index in [1.54, 1.807) is 12.4 Å². The van der Waals surface area contributed by atoms with Gasteiger partial charge in [0, 0.05) is 67.7 Å². The van der Waals surface area contributed by atoms with Gasteiger partial charge in [0.15, 0.2) is 0 Å². The maximum Gasteiger partial charge on any atom is 0.408 e. The van der Waals surface area contributed by atoms with Crippen LogP contribution >= 0.6 is 11.8 Å². The number of carboxylic acid groups (broad SMARTS) is 1. The zero-order valence-electron chi connectivity index (χ0n) is 31.9. The van der Waals surface area contributed by atoms with Gasteiger partial charge in [-0.1, -0.05) is 37.1 Å². The number of ether oxygens (including phenoxy) is 2. The largest absolute Gasteiger partial charge is 0.478 e. The number of aromatic nitrogens is 4. The number of unbranched alkanes of at least 4 members (excludes halogenated alkanes) is 4. The highest BCUT2D eigenvalue weighted by Crippen LogP contribution is 2.30. The number of amides is 2. The fourth-order valence-corrected chi connectivity index (χ4v) is 7.18. The summed E-state index contributed by atoms with van der Waals surface area (Å²) in [6.07, 6.45) is 14.9. The summed E-state index contributed by atoms with van der Waals surface area (Å²) in [5.74, 6) is 0.350. The van der Waals surface area contributed by atoms with Crippen LogP contribution in [0.25, 0.3) is 0 Å². The number of carboxylic acids is 1. The van der Waals surface area contributed by atoms with Gasteiger partial charge in [-0.15, -0.1) is 0 Å². The minimum absolute atomic E-state index is 0.0122. The fraction of sp³-hybridized carbons (Fsp3) is 0.564. The van der Waals surface area contributed by atoms with Gasteiger partial charge in [-0.2, -0.15) is 0 Å². The second-order valence-corrected chi connectivity index (χ2v) is 16.3. The van der Waals surface area contributed by atoms with Crippen LogP contribution in [0.15, 0.2) is 59.0 Å². The van der Waals surface area contributed by atoms with Crippen LogP contribution in [0, 0.1) is 0 Å². The predicted octanol–water partition coefficient (Wildman–Crippen LogP) is 6.96. The van der Waals surface area contributed by atoms with Crippen molar-refractivity contribution in [1.29, 1.82) is 0 Å². The van der Waals surface area contributed by atoms with Gasteiger partial charge in [-0.25, -0.2) is 29.5 Å². The molecule has 1 aromatic carbocycles. The fourth-order valence-electron chi connectivity index (χ4n) is 6.40. The van der Waals surface area contributed by atoms with Crippen LogP contribution in [-0.2, 0) is 14.3 Å². The molecule has 0 aliphatic carbocycles. The third kappa shape index (κ3) is 13.1. The SMILES string of the molecule is CC1(NC(=O)OC(C)(C)C)CCN(c2cnc(Sc3cccc(NC(=O)CCCCCCCOC4CCN(c5ncc(C(=O)O)cn5)CC4)c3)cn2)CC1. The van der Waals surface area contributed by atoms with E-state index in [0.29, 0.717) is 12.4 Å². The Hall–Kier alpha value is -4.50. The number of nitrogens with zero attached hydrogens (tertiary/aromatic N) is 6. The normalized spacial score (nSPS) is 16.1. The minimum atomic E-state index is -1.03. The summed E-state index contributed by atoms with van der Waals surface area (Å²) in [5, 5.41) is 15.9. The van der Waals surface area contributed by atoms with E-state index in [9.17, 15) is 14.4 Å². The van der Waals surface area contributed by atoms with Crippen molar-refractivity contribution in [3.8, 4) is 0 Å². The molecule has 14 nitrogen and oxygen atoms in total. The van der Waals surface area contributed by atoms with Crippen LogP contribution in [0.3, 0.4) is 0 Å². The summed E-state index contributed by atoms with van der Waals surface area (Å²) in [5.41, 5.74) is -0.0172. The van der Waals surface area contributed by atoms with Crippen molar-refractivity contribution in [3.63, 3.8) is 0 Å². The van der Waals surface area contributed by atoms with Crippen LogP contribution in [0.4, 0.5) is 22.2 Å². The molecule has 2 amide bonds. The van der Waals surface area contributed by atoms with Crippen LogP contribution in [0.1, 0.15) is 102 Å². The van der Waals surface area contributed by atoms with Crippen molar-refractivity contribution in [2.75, 3.05) is 47.9 Å². The van der Waals surface area contributed by atoms with E-state index in [-0.39, 0.29) is 29.2 Å². The number of rotatable bonds is 16. The summed E-state index contributed by atoms with van der Waals surface area (Å²) >= 11 is 1.50. The molecule has 2 fully saturated rings. The van der Waals surface area contributed by atoms with Crippen molar-refractivity contribution in [3.05, 3.63) is 54.6 Å². The van der Waals surface area contributed by atoms with Gasteiger partial charge < -0.3 is 35.0 Å². The molecular weight excluding hydrogens is 709 g/mol. The Morgan fingerprint density at radius 3 is 2.28 bits per heavy atom. The molecule has 0 radical (unpaired) electrons. The van der Waals surface area contributed by atoms with Gasteiger partial charge in [0.25, 0.3) is 0 Å². The lowest BCUT2D eigenvalue weighted by Gasteiger charge is -2.40. The summed E-state index contributed by atoms with van der Waals surface area (Å²) in [4.78, 5) is 58.9. The first-order valence-electron chi connectivity index (χ1n) is 18.9. The van der Waals surface area contributed by atoms with Crippen molar-refractivity contribution in [2.24, 2.45) is 0 Å². The standard InChI is InChI=1S/C39H54N8O6S/c1-38(2,3)53-37(51)45-39(4)16-20-46(21-17-39)32-26-41-34(27-40-32)54-31-12-10-11-29(23-31)44-33(48)13-8-6-5-7-9-22-52-30-14-18-47(19-15-30)36-42-24-28(25-43-36)35(49)50/h10-12,23-27,30H,5-9,13-22H2,1-4H3,(H,44,48)(H,45,51)(H,49,50). The molecule has 0 atom stereocenters.